The Kier molecular flexibility index (Phi) is 8.19. The second-order valence-electron chi connectivity index (χ2n) is 3.53. The predicted octanol–water partition coefficient (Wildman–Crippen LogP) is 2.44. The summed E-state index contributed by atoms with van der Waals surface area (Å²) in [6.45, 7) is 0.912. The van der Waals surface area contributed by atoms with Gasteiger partial charge in [-0.15, -0.1) is 12.4 Å². The van der Waals surface area contributed by atoms with Crippen molar-refractivity contribution in [2.24, 2.45) is 0 Å². The number of benzene rings is 1. The van der Waals surface area contributed by atoms with Crippen molar-refractivity contribution in [1.82, 2.24) is 10.0 Å². The van der Waals surface area contributed by atoms with Gasteiger partial charge in [0.1, 0.15) is 4.90 Å². The summed E-state index contributed by atoms with van der Waals surface area (Å²) in [7, 11) is -2.06. The molecular weight excluding hydrogens is 338 g/mol. The monoisotopic (exact) mass is 350 g/mol. The van der Waals surface area contributed by atoms with Crippen LogP contribution in [0.15, 0.2) is 17.0 Å². The molecule has 2 N–H and O–H groups in total. The molecule has 0 aliphatic heterocycles. The zero-order chi connectivity index (χ0) is 13.8. The summed E-state index contributed by atoms with van der Waals surface area (Å²) in [6, 6.07) is 2.33. The van der Waals surface area contributed by atoms with Crippen molar-refractivity contribution in [2.45, 2.75) is 11.3 Å². The fraction of sp³-hybridized carbons (Fsp3) is 0.400. The molecule has 0 spiro atoms. The van der Waals surface area contributed by atoms with Crippen LogP contribution in [0.1, 0.15) is 6.42 Å². The van der Waals surface area contributed by atoms with Crippen LogP contribution in [0, 0.1) is 5.82 Å². The Balaban J connectivity index is 0.00000324. The average molecular weight is 352 g/mol. The predicted molar refractivity (Wildman–Crippen MR) is 77.4 cm³/mol. The summed E-state index contributed by atoms with van der Waals surface area (Å²) in [6.07, 6.45) is 0.615. The van der Waals surface area contributed by atoms with Crippen LogP contribution in [-0.4, -0.2) is 28.6 Å². The first-order chi connectivity index (χ1) is 8.40. The molecule has 9 heteroatoms. The Labute approximate surface area is 128 Å². The molecule has 4 nitrogen and oxygen atoms in total. The van der Waals surface area contributed by atoms with Crippen LogP contribution < -0.4 is 10.0 Å². The van der Waals surface area contributed by atoms with Crippen LogP contribution in [0.3, 0.4) is 0 Å². The first-order valence-electron chi connectivity index (χ1n) is 5.18. The summed E-state index contributed by atoms with van der Waals surface area (Å²) in [5.74, 6) is -0.934. The average Bonchev–Trinajstić information content (AvgIpc) is 2.31. The van der Waals surface area contributed by atoms with Gasteiger partial charge >= 0.3 is 0 Å². The summed E-state index contributed by atoms with van der Waals surface area (Å²) in [5, 5.41) is 2.17. The third kappa shape index (κ3) is 5.06. The summed E-state index contributed by atoms with van der Waals surface area (Å²) in [5.41, 5.74) is 0. The molecule has 0 aliphatic rings. The Morgan fingerprint density at radius 2 is 1.89 bits per heavy atom. The van der Waals surface area contributed by atoms with E-state index in [2.05, 4.69) is 10.0 Å². The molecule has 0 aromatic heterocycles. The zero-order valence-corrected chi connectivity index (χ0v) is 13.2. The Morgan fingerprint density at radius 1 is 1.26 bits per heavy atom. The van der Waals surface area contributed by atoms with Gasteiger partial charge in [0, 0.05) is 6.54 Å². The van der Waals surface area contributed by atoms with E-state index in [-0.39, 0.29) is 28.9 Å². The highest BCUT2D eigenvalue weighted by Gasteiger charge is 2.21. The Morgan fingerprint density at radius 3 is 2.47 bits per heavy atom. The molecule has 0 saturated heterocycles. The highest BCUT2D eigenvalue weighted by Crippen LogP contribution is 2.29. The topological polar surface area (TPSA) is 58.2 Å². The van der Waals surface area contributed by atoms with Crippen molar-refractivity contribution in [1.29, 1.82) is 0 Å². The smallest absolute Gasteiger partial charge is 0.242 e. The summed E-state index contributed by atoms with van der Waals surface area (Å²) >= 11 is 11.1. The fourth-order valence-electron chi connectivity index (χ4n) is 1.27. The number of rotatable bonds is 6. The first kappa shape index (κ1) is 18.9. The minimum Gasteiger partial charge on any atom is -0.320 e. The highest BCUT2D eigenvalue weighted by molar-refractivity contribution is 7.89. The zero-order valence-electron chi connectivity index (χ0n) is 10.0. The SMILES string of the molecule is CNCCCNS(=O)(=O)c1ccc(Cl)c(F)c1Cl.Cl. The van der Waals surface area contributed by atoms with Gasteiger partial charge in [-0.05, 0) is 32.1 Å². The second-order valence-corrected chi connectivity index (χ2v) is 6.05. The summed E-state index contributed by atoms with van der Waals surface area (Å²) in [4.78, 5) is -0.310. The van der Waals surface area contributed by atoms with Crippen LogP contribution in [0.4, 0.5) is 4.39 Å². The van der Waals surface area contributed by atoms with E-state index in [4.69, 9.17) is 23.2 Å². The van der Waals surface area contributed by atoms with Gasteiger partial charge in [0.25, 0.3) is 0 Å². The third-order valence-corrected chi connectivity index (χ3v) is 4.46. The van der Waals surface area contributed by atoms with Gasteiger partial charge in [-0.25, -0.2) is 17.5 Å². The molecule has 0 unspecified atom stereocenters. The van der Waals surface area contributed by atoms with Gasteiger partial charge in [-0.2, -0.15) is 0 Å². The van der Waals surface area contributed by atoms with Crippen LogP contribution in [0.25, 0.3) is 0 Å². The molecule has 19 heavy (non-hydrogen) atoms. The van der Waals surface area contributed by atoms with E-state index in [1.807, 2.05) is 0 Å². The normalized spacial score (nSPS) is 11.2. The van der Waals surface area contributed by atoms with Gasteiger partial charge in [-0.3, -0.25) is 0 Å². The first-order valence-corrected chi connectivity index (χ1v) is 7.42. The van der Waals surface area contributed by atoms with E-state index in [0.29, 0.717) is 13.0 Å². The van der Waals surface area contributed by atoms with Crippen molar-refractivity contribution in [3.05, 3.63) is 28.0 Å². The fourth-order valence-corrected chi connectivity index (χ4v) is 3.08. The van der Waals surface area contributed by atoms with Crippen LogP contribution >= 0.6 is 35.6 Å². The lowest BCUT2D eigenvalue weighted by molar-refractivity contribution is 0.574. The van der Waals surface area contributed by atoms with Gasteiger partial charge < -0.3 is 5.32 Å². The molecule has 0 radical (unpaired) electrons. The highest BCUT2D eigenvalue weighted by atomic mass is 35.5. The second kappa shape index (κ2) is 8.24. The maximum atomic E-state index is 13.4. The van der Waals surface area contributed by atoms with Gasteiger partial charge in [0.05, 0.1) is 10.0 Å². The van der Waals surface area contributed by atoms with Crippen molar-refractivity contribution >= 4 is 45.6 Å². The van der Waals surface area contributed by atoms with E-state index in [1.54, 1.807) is 7.05 Å². The molecule has 1 aromatic rings. The molecule has 110 valence electrons. The van der Waals surface area contributed by atoms with Crippen molar-refractivity contribution in [2.75, 3.05) is 20.1 Å². The molecule has 0 bridgehead atoms. The van der Waals surface area contributed by atoms with E-state index < -0.39 is 20.9 Å². The minimum atomic E-state index is -3.82. The molecule has 0 aliphatic carbocycles. The molecule has 0 amide bonds. The summed E-state index contributed by atoms with van der Waals surface area (Å²) < 4.78 is 39.4. The number of nitrogens with one attached hydrogen (secondary N) is 2. The molecule has 0 saturated carbocycles. The molecule has 1 aromatic carbocycles. The van der Waals surface area contributed by atoms with E-state index in [0.717, 1.165) is 6.07 Å². The van der Waals surface area contributed by atoms with Crippen LogP contribution in [0.5, 0.6) is 0 Å². The molecule has 1 rings (SSSR count). The molecule has 0 heterocycles. The lowest BCUT2D eigenvalue weighted by Gasteiger charge is -2.09. The van der Waals surface area contributed by atoms with Crippen molar-refractivity contribution in [3.63, 3.8) is 0 Å². The van der Waals surface area contributed by atoms with E-state index in [1.165, 1.54) is 6.07 Å². The molecular formula is C10H14Cl3FN2O2S. The number of sulfonamides is 1. The molecule has 0 fully saturated rings. The standard InChI is InChI=1S/C10H13Cl2FN2O2S.ClH/c1-14-5-2-6-15-18(16,17)8-4-3-7(11)10(13)9(8)12;/h3-4,14-15H,2,5-6H2,1H3;1H. The Hall–Kier alpha value is -0.110. The minimum absolute atomic E-state index is 0. The number of halogens is 4. The van der Waals surface area contributed by atoms with Crippen LogP contribution in [0.2, 0.25) is 10.0 Å². The van der Waals surface area contributed by atoms with Crippen LogP contribution in [-0.2, 0) is 10.0 Å². The van der Waals surface area contributed by atoms with Crippen molar-refractivity contribution < 1.29 is 12.8 Å². The lowest BCUT2D eigenvalue weighted by Crippen LogP contribution is -2.27. The van der Waals surface area contributed by atoms with Gasteiger partial charge in [0.2, 0.25) is 10.0 Å². The van der Waals surface area contributed by atoms with Gasteiger partial charge in [-0.1, -0.05) is 23.2 Å². The third-order valence-electron chi connectivity index (χ3n) is 2.18. The number of hydrogen-bond donors (Lipinski definition) is 2. The maximum Gasteiger partial charge on any atom is 0.242 e. The van der Waals surface area contributed by atoms with Crippen molar-refractivity contribution in [3.8, 4) is 0 Å². The largest absolute Gasteiger partial charge is 0.320 e. The van der Waals surface area contributed by atoms with E-state index in [9.17, 15) is 12.8 Å². The quantitative estimate of drug-likeness (QED) is 0.611. The number of hydrogen-bond acceptors (Lipinski definition) is 3. The van der Waals surface area contributed by atoms with E-state index >= 15 is 0 Å². The van der Waals surface area contributed by atoms with Gasteiger partial charge in [0.15, 0.2) is 5.82 Å². The maximum absolute atomic E-state index is 13.4. The molecule has 0 atom stereocenters. The Bertz CT molecular complexity index is 526. The lowest BCUT2D eigenvalue weighted by atomic mass is 10.3.